The molecule has 0 atom stereocenters. The summed E-state index contributed by atoms with van der Waals surface area (Å²) in [5.74, 6) is 1.12. The van der Waals surface area contributed by atoms with E-state index in [1.54, 1.807) is 0 Å². The summed E-state index contributed by atoms with van der Waals surface area (Å²) in [6.45, 7) is 9.68. The Morgan fingerprint density at radius 1 is 1.06 bits per heavy atom. The summed E-state index contributed by atoms with van der Waals surface area (Å²) in [6.07, 6.45) is 1.93. The van der Waals surface area contributed by atoms with Gasteiger partial charge in [0.05, 0.1) is 5.75 Å². The lowest BCUT2D eigenvalue weighted by Gasteiger charge is -2.37. The van der Waals surface area contributed by atoms with Crippen LogP contribution in [0.25, 0.3) is 10.8 Å². The lowest BCUT2D eigenvalue weighted by Crippen LogP contribution is -2.53. The molecule has 31 heavy (non-hydrogen) atoms. The molecule has 0 bridgehead atoms. The van der Waals surface area contributed by atoms with Crippen LogP contribution in [0.4, 0.5) is 0 Å². The van der Waals surface area contributed by atoms with Crippen molar-refractivity contribution in [1.29, 1.82) is 0 Å². The molecule has 0 saturated carbocycles. The first-order valence-corrected chi connectivity index (χ1v) is 13.1. The Bertz CT molecular complexity index is 1000. The number of nitrogens with zero attached hydrogens (tertiary/aromatic N) is 3. The Kier molecular flexibility index (Phi) is 7.59. The Hall–Kier alpha value is -2.12. The van der Waals surface area contributed by atoms with Crippen LogP contribution in [0, 0.1) is 5.41 Å². The molecule has 0 amide bonds. The molecule has 170 valence electrons. The molecular formula is C24H36N4O2S. The van der Waals surface area contributed by atoms with E-state index in [0.29, 0.717) is 13.0 Å². The first-order valence-electron chi connectivity index (χ1n) is 11.0. The van der Waals surface area contributed by atoms with Gasteiger partial charge in [-0.25, -0.2) is 8.42 Å². The summed E-state index contributed by atoms with van der Waals surface area (Å²) < 4.78 is 23.0. The van der Waals surface area contributed by atoms with Crippen LogP contribution in [0.3, 0.4) is 0 Å². The molecule has 3 rings (SSSR count). The van der Waals surface area contributed by atoms with Crippen molar-refractivity contribution in [3.05, 3.63) is 48.0 Å². The van der Waals surface area contributed by atoms with Gasteiger partial charge in [0.25, 0.3) is 0 Å². The maximum atomic E-state index is 11.5. The van der Waals surface area contributed by atoms with Gasteiger partial charge in [-0.3, -0.25) is 9.89 Å². The highest BCUT2D eigenvalue weighted by Gasteiger charge is 2.24. The predicted molar refractivity (Wildman–Crippen MR) is 130 cm³/mol. The molecule has 1 heterocycles. The van der Waals surface area contributed by atoms with E-state index in [9.17, 15) is 8.42 Å². The van der Waals surface area contributed by atoms with Crippen LogP contribution in [-0.4, -0.2) is 76.0 Å². The second-order valence-corrected chi connectivity index (χ2v) is 11.6. The first-order chi connectivity index (χ1) is 14.7. The molecule has 0 radical (unpaired) electrons. The van der Waals surface area contributed by atoms with Gasteiger partial charge in [0.2, 0.25) is 0 Å². The maximum Gasteiger partial charge on any atom is 0.193 e. The lowest BCUT2D eigenvalue weighted by molar-refractivity contribution is 0.172. The number of piperazine rings is 1. The number of nitrogens with one attached hydrogen (secondary N) is 1. The molecule has 0 aromatic heterocycles. The number of sulfone groups is 1. The van der Waals surface area contributed by atoms with Gasteiger partial charge in [-0.2, -0.15) is 0 Å². The molecule has 0 unspecified atom stereocenters. The highest BCUT2D eigenvalue weighted by atomic mass is 32.2. The van der Waals surface area contributed by atoms with Crippen molar-refractivity contribution >= 4 is 26.6 Å². The van der Waals surface area contributed by atoms with Gasteiger partial charge in [0, 0.05) is 52.6 Å². The maximum absolute atomic E-state index is 11.5. The summed E-state index contributed by atoms with van der Waals surface area (Å²) >= 11 is 0. The second kappa shape index (κ2) is 10.0. The quantitative estimate of drug-likeness (QED) is 0.525. The van der Waals surface area contributed by atoms with Crippen molar-refractivity contribution in [2.75, 3.05) is 51.8 Å². The molecule has 0 spiro atoms. The fourth-order valence-corrected chi connectivity index (χ4v) is 4.91. The van der Waals surface area contributed by atoms with Gasteiger partial charge in [-0.05, 0) is 28.2 Å². The minimum Gasteiger partial charge on any atom is -0.356 e. The van der Waals surface area contributed by atoms with Crippen molar-refractivity contribution in [1.82, 2.24) is 15.1 Å². The van der Waals surface area contributed by atoms with E-state index in [1.807, 2.05) is 7.05 Å². The Morgan fingerprint density at radius 2 is 1.74 bits per heavy atom. The number of guanidine groups is 1. The van der Waals surface area contributed by atoms with Crippen molar-refractivity contribution in [3.63, 3.8) is 0 Å². The molecule has 6 nitrogen and oxygen atoms in total. The molecule has 1 aliphatic heterocycles. The predicted octanol–water partition coefficient (Wildman–Crippen LogP) is 2.99. The van der Waals surface area contributed by atoms with Gasteiger partial charge < -0.3 is 10.2 Å². The van der Waals surface area contributed by atoms with Gasteiger partial charge in [0.1, 0.15) is 9.84 Å². The molecular weight excluding hydrogens is 408 g/mol. The molecule has 1 fully saturated rings. The third kappa shape index (κ3) is 6.94. The molecule has 2 aromatic rings. The topological polar surface area (TPSA) is 65.0 Å². The number of hydrogen-bond acceptors (Lipinski definition) is 4. The van der Waals surface area contributed by atoms with Crippen LogP contribution < -0.4 is 5.32 Å². The van der Waals surface area contributed by atoms with E-state index in [2.05, 4.69) is 76.4 Å². The zero-order valence-electron chi connectivity index (χ0n) is 19.3. The van der Waals surface area contributed by atoms with Crippen LogP contribution in [-0.2, 0) is 16.4 Å². The normalized spacial score (nSPS) is 16.6. The van der Waals surface area contributed by atoms with Gasteiger partial charge in [-0.15, -0.1) is 0 Å². The van der Waals surface area contributed by atoms with Crippen LogP contribution in [0.2, 0.25) is 0 Å². The summed E-state index contributed by atoms with van der Waals surface area (Å²) in [4.78, 5) is 9.27. The number of fused-ring (bicyclic) bond motifs is 1. The van der Waals surface area contributed by atoms with Crippen molar-refractivity contribution in [3.8, 4) is 0 Å². The number of benzene rings is 2. The Balaban J connectivity index is 1.52. The standard InChI is InChI=1S/C24H36N4O2S/c1-24(2,12-17-31(4,29)30)19-26-23(25-3)28-15-13-27(14-16-28)18-21-10-7-9-20-8-5-6-11-22(20)21/h5-11H,12-19H2,1-4H3,(H,25,26). The largest absolute Gasteiger partial charge is 0.356 e. The van der Waals surface area contributed by atoms with E-state index in [4.69, 9.17) is 0 Å². The third-order valence-electron chi connectivity index (χ3n) is 6.03. The molecule has 1 aliphatic rings. The molecule has 1 N–H and O–H groups in total. The van der Waals surface area contributed by atoms with Crippen molar-refractivity contribution in [2.24, 2.45) is 10.4 Å². The summed E-state index contributed by atoms with van der Waals surface area (Å²) in [6, 6.07) is 15.1. The Labute approximate surface area is 187 Å². The number of hydrogen-bond donors (Lipinski definition) is 1. The molecule has 2 aromatic carbocycles. The second-order valence-electron chi connectivity index (χ2n) is 9.35. The SMILES string of the molecule is CN=C(NCC(C)(C)CCS(C)(=O)=O)N1CCN(Cc2cccc3ccccc23)CC1. The fourth-order valence-electron chi connectivity index (χ4n) is 3.99. The van der Waals surface area contributed by atoms with E-state index in [-0.39, 0.29) is 11.2 Å². The van der Waals surface area contributed by atoms with E-state index in [1.165, 1.54) is 22.6 Å². The highest BCUT2D eigenvalue weighted by molar-refractivity contribution is 7.90. The minimum atomic E-state index is -2.94. The smallest absolute Gasteiger partial charge is 0.193 e. The first kappa shape index (κ1) is 23.5. The van der Waals surface area contributed by atoms with Crippen molar-refractivity contribution in [2.45, 2.75) is 26.8 Å². The van der Waals surface area contributed by atoms with Gasteiger partial charge >= 0.3 is 0 Å². The number of rotatable bonds is 7. The van der Waals surface area contributed by atoms with E-state index >= 15 is 0 Å². The highest BCUT2D eigenvalue weighted by Crippen LogP contribution is 2.21. The number of aliphatic imine (C=N–C) groups is 1. The monoisotopic (exact) mass is 444 g/mol. The van der Waals surface area contributed by atoms with Crippen LogP contribution in [0.15, 0.2) is 47.5 Å². The average molecular weight is 445 g/mol. The summed E-state index contributed by atoms with van der Waals surface area (Å²) in [5, 5.41) is 6.09. The van der Waals surface area contributed by atoms with E-state index < -0.39 is 9.84 Å². The van der Waals surface area contributed by atoms with Crippen LogP contribution in [0.1, 0.15) is 25.8 Å². The third-order valence-corrected chi connectivity index (χ3v) is 6.98. The van der Waals surface area contributed by atoms with Gasteiger partial charge in [-0.1, -0.05) is 56.3 Å². The van der Waals surface area contributed by atoms with Crippen molar-refractivity contribution < 1.29 is 8.42 Å². The Morgan fingerprint density at radius 3 is 2.42 bits per heavy atom. The minimum absolute atomic E-state index is 0.116. The zero-order chi connectivity index (χ0) is 22.5. The van der Waals surface area contributed by atoms with Gasteiger partial charge in [0.15, 0.2) is 5.96 Å². The summed E-state index contributed by atoms with van der Waals surface area (Å²) in [7, 11) is -1.13. The summed E-state index contributed by atoms with van der Waals surface area (Å²) in [5.41, 5.74) is 1.26. The fraction of sp³-hybridized carbons (Fsp3) is 0.542. The lowest BCUT2D eigenvalue weighted by atomic mass is 9.90. The van der Waals surface area contributed by atoms with E-state index in [0.717, 1.165) is 38.7 Å². The zero-order valence-corrected chi connectivity index (χ0v) is 20.1. The molecule has 1 saturated heterocycles. The molecule has 7 heteroatoms. The van der Waals surface area contributed by atoms with Crippen LogP contribution >= 0.6 is 0 Å². The average Bonchev–Trinajstić information content (AvgIpc) is 2.74. The van der Waals surface area contributed by atoms with Crippen LogP contribution in [0.5, 0.6) is 0 Å². The molecule has 0 aliphatic carbocycles.